The van der Waals surface area contributed by atoms with E-state index in [0.29, 0.717) is 24.0 Å². The molecule has 1 amide bonds. The number of fused-ring (bicyclic) bond motifs is 1. The first-order chi connectivity index (χ1) is 12.7. The Morgan fingerprint density at radius 3 is 2.64 bits per heavy atom. The van der Waals surface area contributed by atoms with Crippen LogP contribution in [0.5, 0.6) is 0 Å². The minimum absolute atomic E-state index is 0. The topological polar surface area (TPSA) is 74.4 Å². The van der Waals surface area contributed by atoms with E-state index in [1.807, 2.05) is 12.3 Å². The Kier molecular flexibility index (Phi) is 8.81. The molecule has 1 aromatic rings. The zero-order valence-corrected chi connectivity index (χ0v) is 17.7. The third-order valence-electron chi connectivity index (χ3n) is 6.28. The Morgan fingerprint density at radius 2 is 1.93 bits per heavy atom. The highest BCUT2D eigenvalue weighted by Gasteiger charge is 2.38. The highest BCUT2D eigenvalue weighted by Crippen LogP contribution is 2.31. The number of pyridine rings is 1. The lowest BCUT2D eigenvalue weighted by Gasteiger charge is -2.41. The number of halogens is 2. The van der Waals surface area contributed by atoms with Gasteiger partial charge in [0.05, 0.1) is 12.7 Å². The molecular formula is C20H31Cl2N3O3. The predicted octanol–water partition coefficient (Wildman–Crippen LogP) is 2.16. The molecule has 3 atom stereocenters. The molecule has 1 saturated carbocycles. The minimum Gasteiger partial charge on any atom is -0.375 e. The number of amides is 1. The van der Waals surface area contributed by atoms with Crippen LogP contribution in [0.25, 0.3) is 0 Å². The number of ether oxygens (including phenoxy) is 1. The summed E-state index contributed by atoms with van der Waals surface area (Å²) in [7, 11) is 0. The van der Waals surface area contributed by atoms with Gasteiger partial charge in [0, 0.05) is 43.9 Å². The average Bonchev–Trinajstić information content (AvgIpc) is 2.69. The molecule has 0 radical (unpaired) electrons. The van der Waals surface area contributed by atoms with Gasteiger partial charge in [-0.2, -0.15) is 0 Å². The van der Waals surface area contributed by atoms with Gasteiger partial charge < -0.3 is 19.9 Å². The lowest BCUT2D eigenvalue weighted by Crippen LogP contribution is -2.54. The van der Waals surface area contributed by atoms with Crippen LogP contribution < -0.4 is 10.9 Å². The molecule has 28 heavy (non-hydrogen) atoms. The lowest BCUT2D eigenvalue weighted by atomic mass is 9.81. The Hall–Kier alpha value is -1.08. The monoisotopic (exact) mass is 431 g/mol. The standard InChI is InChI=1S/C20H29N3O3.2ClH/c24-19-4-1-15(13-22-19)11-14-5-8-23(9-6-14)20(25)16-2-3-18-17(12-16)21-7-10-26-18;;/h1,4,13-14,16-18,21H,2-3,5-12H2,(H,22,24);2*1H/t16-,17+,18+;;/m0../s1. The van der Waals surface area contributed by atoms with Crippen molar-refractivity contribution in [1.29, 1.82) is 0 Å². The van der Waals surface area contributed by atoms with Crippen molar-refractivity contribution < 1.29 is 9.53 Å². The second kappa shape index (κ2) is 10.6. The van der Waals surface area contributed by atoms with E-state index in [9.17, 15) is 9.59 Å². The van der Waals surface area contributed by atoms with Gasteiger partial charge in [0.2, 0.25) is 11.5 Å². The highest BCUT2D eigenvalue weighted by molar-refractivity contribution is 5.85. The van der Waals surface area contributed by atoms with E-state index in [1.54, 1.807) is 6.07 Å². The fraction of sp³-hybridized carbons (Fsp3) is 0.700. The summed E-state index contributed by atoms with van der Waals surface area (Å²) in [5, 5.41) is 3.53. The van der Waals surface area contributed by atoms with Gasteiger partial charge in [-0.05, 0) is 50.0 Å². The number of rotatable bonds is 3. The summed E-state index contributed by atoms with van der Waals surface area (Å²) in [6.07, 6.45) is 8.06. The summed E-state index contributed by atoms with van der Waals surface area (Å²) in [6, 6.07) is 3.85. The minimum atomic E-state index is -0.0539. The molecule has 3 aliphatic rings. The average molecular weight is 432 g/mol. The van der Waals surface area contributed by atoms with Crippen LogP contribution in [-0.4, -0.2) is 54.2 Å². The zero-order valence-electron chi connectivity index (χ0n) is 16.1. The van der Waals surface area contributed by atoms with E-state index in [0.717, 1.165) is 64.8 Å². The van der Waals surface area contributed by atoms with Crippen LogP contribution in [-0.2, 0) is 16.0 Å². The molecule has 1 aromatic heterocycles. The van der Waals surface area contributed by atoms with Crippen molar-refractivity contribution in [3.8, 4) is 0 Å². The molecule has 2 N–H and O–H groups in total. The summed E-state index contributed by atoms with van der Waals surface area (Å²) in [5.74, 6) is 1.09. The molecule has 2 aliphatic heterocycles. The maximum absolute atomic E-state index is 12.9. The van der Waals surface area contributed by atoms with Crippen LogP contribution >= 0.6 is 24.8 Å². The van der Waals surface area contributed by atoms with Gasteiger partial charge in [0.15, 0.2) is 0 Å². The van der Waals surface area contributed by atoms with Gasteiger partial charge in [0.1, 0.15) is 0 Å². The molecule has 3 heterocycles. The maximum atomic E-state index is 12.9. The van der Waals surface area contributed by atoms with E-state index in [1.165, 1.54) is 5.56 Å². The number of nitrogens with one attached hydrogen (secondary N) is 2. The first-order valence-corrected chi connectivity index (χ1v) is 10.0. The van der Waals surface area contributed by atoms with Crippen LogP contribution in [0.3, 0.4) is 0 Å². The number of hydrogen-bond acceptors (Lipinski definition) is 4. The van der Waals surface area contributed by atoms with E-state index in [2.05, 4.69) is 15.2 Å². The van der Waals surface area contributed by atoms with Crippen LogP contribution in [0.15, 0.2) is 23.1 Å². The summed E-state index contributed by atoms with van der Waals surface area (Å²) < 4.78 is 5.82. The highest BCUT2D eigenvalue weighted by atomic mass is 35.5. The molecule has 2 saturated heterocycles. The SMILES string of the molecule is Cl.Cl.O=C([C@H]1CC[C@H]2OCCN[C@@H]2C1)N1CCC(Cc2ccc(=O)[nH]c2)CC1. The number of carbonyl (C=O) groups excluding carboxylic acids is 1. The Bertz CT molecular complexity index is 671. The molecule has 1 aliphatic carbocycles. The van der Waals surface area contributed by atoms with Crippen molar-refractivity contribution >= 4 is 30.7 Å². The number of aromatic nitrogens is 1. The molecule has 8 heteroatoms. The first kappa shape index (κ1) is 23.2. The number of likely N-dealkylation sites (tertiary alicyclic amines) is 1. The Balaban J connectivity index is 0.00000140. The summed E-state index contributed by atoms with van der Waals surface area (Å²) >= 11 is 0. The fourth-order valence-electron chi connectivity index (χ4n) is 4.75. The largest absolute Gasteiger partial charge is 0.375 e. The van der Waals surface area contributed by atoms with Crippen molar-refractivity contribution in [3.05, 3.63) is 34.2 Å². The molecule has 6 nitrogen and oxygen atoms in total. The Morgan fingerprint density at radius 1 is 1.14 bits per heavy atom. The molecule has 3 fully saturated rings. The molecule has 0 aromatic carbocycles. The van der Waals surface area contributed by atoms with Gasteiger partial charge in [0.25, 0.3) is 0 Å². The van der Waals surface area contributed by atoms with Gasteiger partial charge in [-0.15, -0.1) is 24.8 Å². The summed E-state index contributed by atoms with van der Waals surface area (Å²) in [6.45, 7) is 3.42. The van der Waals surface area contributed by atoms with Gasteiger partial charge in [-0.25, -0.2) is 0 Å². The third-order valence-corrected chi connectivity index (χ3v) is 6.28. The third kappa shape index (κ3) is 5.50. The Labute approximate surface area is 178 Å². The first-order valence-electron chi connectivity index (χ1n) is 10.0. The van der Waals surface area contributed by atoms with E-state index in [-0.39, 0.29) is 36.3 Å². The quantitative estimate of drug-likeness (QED) is 0.768. The van der Waals surface area contributed by atoms with Crippen LogP contribution in [0.4, 0.5) is 0 Å². The smallest absolute Gasteiger partial charge is 0.247 e. The second-order valence-corrected chi connectivity index (χ2v) is 8.01. The summed E-state index contributed by atoms with van der Waals surface area (Å²) in [4.78, 5) is 28.9. The van der Waals surface area contributed by atoms with Gasteiger partial charge in [-0.1, -0.05) is 6.07 Å². The number of morpholine rings is 1. The molecular weight excluding hydrogens is 401 g/mol. The van der Waals surface area contributed by atoms with Gasteiger partial charge in [-0.3, -0.25) is 9.59 Å². The van der Waals surface area contributed by atoms with Crippen LogP contribution in [0, 0.1) is 11.8 Å². The van der Waals surface area contributed by atoms with Crippen molar-refractivity contribution in [2.45, 2.75) is 50.7 Å². The number of H-pyrrole nitrogens is 1. The van der Waals surface area contributed by atoms with E-state index in [4.69, 9.17) is 4.74 Å². The van der Waals surface area contributed by atoms with Crippen molar-refractivity contribution in [1.82, 2.24) is 15.2 Å². The van der Waals surface area contributed by atoms with Crippen LogP contribution in [0.2, 0.25) is 0 Å². The fourth-order valence-corrected chi connectivity index (χ4v) is 4.75. The molecule has 4 rings (SSSR count). The molecule has 0 spiro atoms. The second-order valence-electron chi connectivity index (χ2n) is 8.01. The summed E-state index contributed by atoms with van der Waals surface area (Å²) in [5.41, 5.74) is 1.12. The number of nitrogens with zero attached hydrogens (tertiary/aromatic N) is 1. The lowest BCUT2D eigenvalue weighted by molar-refractivity contribution is -0.140. The van der Waals surface area contributed by atoms with Crippen molar-refractivity contribution in [3.63, 3.8) is 0 Å². The number of hydrogen-bond donors (Lipinski definition) is 2. The number of carbonyl (C=O) groups is 1. The maximum Gasteiger partial charge on any atom is 0.247 e. The molecule has 0 bridgehead atoms. The molecule has 0 unspecified atom stereocenters. The van der Waals surface area contributed by atoms with Crippen molar-refractivity contribution in [2.75, 3.05) is 26.2 Å². The molecule has 158 valence electrons. The van der Waals surface area contributed by atoms with Gasteiger partial charge >= 0.3 is 0 Å². The number of aromatic amines is 1. The van der Waals surface area contributed by atoms with Crippen LogP contribution in [0.1, 0.15) is 37.7 Å². The zero-order chi connectivity index (χ0) is 17.9. The van der Waals surface area contributed by atoms with E-state index >= 15 is 0 Å². The van der Waals surface area contributed by atoms with Crippen molar-refractivity contribution in [2.24, 2.45) is 11.8 Å². The normalized spacial score (nSPS) is 27.9. The van der Waals surface area contributed by atoms with E-state index < -0.39 is 0 Å². The number of piperidine rings is 1. The predicted molar refractivity (Wildman–Crippen MR) is 113 cm³/mol.